The molecule has 2 fully saturated rings. The Kier molecular flexibility index (Phi) is 8.78. The lowest BCUT2D eigenvalue weighted by Gasteiger charge is -2.25. The number of piperazine rings is 1. The second-order valence-corrected chi connectivity index (χ2v) is 9.59. The van der Waals surface area contributed by atoms with Crippen LogP contribution >= 0.6 is 11.8 Å². The highest BCUT2D eigenvalue weighted by Crippen LogP contribution is 2.41. The van der Waals surface area contributed by atoms with Gasteiger partial charge in [-0.2, -0.15) is 18.4 Å². The van der Waals surface area contributed by atoms with Crippen LogP contribution in [0, 0.1) is 11.3 Å². The van der Waals surface area contributed by atoms with Crippen LogP contribution in [0.5, 0.6) is 17.2 Å². The number of amides is 2. The number of hydrogen-bond acceptors (Lipinski definition) is 8. The Morgan fingerprint density at radius 2 is 1.97 bits per heavy atom. The van der Waals surface area contributed by atoms with Gasteiger partial charge >= 0.3 is 6.18 Å². The van der Waals surface area contributed by atoms with Crippen molar-refractivity contribution in [3.63, 3.8) is 0 Å². The molecule has 39 heavy (non-hydrogen) atoms. The SMILES string of the molecule is COc1cc(/C=C2/SC(=NCCCN3CCNC(=O)C3)NC2=O)ccc1Oc1ccc(C#N)cc1C(F)(F)F. The van der Waals surface area contributed by atoms with E-state index in [0.29, 0.717) is 35.3 Å². The number of benzene rings is 2. The molecule has 2 aliphatic heterocycles. The monoisotopic (exact) mass is 559 g/mol. The minimum atomic E-state index is -4.73. The predicted octanol–water partition coefficient (Wildman–Crippen LogP) is 3.76. The molecule has 9 nitrogen and oxygen atoms in total. The van der Waals surface area contributed by atoms with E-state index in [1.54, 1.807) is 18.2 Å². The molecule has 0 unspecified atom stereocenters. The van der Waals surface area contributed by atoms with Gasteiger partial charge < -0.3 is 20.1 Å². The molecule has 0 radical (unpaired) electrons. The number of hydrogen-bond donors (Lipinski definition) is 2. The first-order chi connectivity index (χ1) is 18.7. The molecule has 2 aliphatic rings. The maximum atomic E-state index is 13.5. The van der Waals surface area contributed by atoms with E-state index >= 15 is 0 Å². The smallest absolute Gasteiger partial charge is 0.420 e. The van der Waals surface area contributed by atoms with E-state index in [2.05, 4.69) is 20.5 Å². The zero-order valence-electron chi connectivity index (χ0n) is 20.8. The van der Waals surface area contributed by atoms with Gasteiger partial charge in [0.2, 0.25) is 5.91 Å². The Morgan fingerprint density at radius 3 is 2.69 bits per heavy atom. The first-order valence-corrected chi connectivity index (χ1v) is 12.7. The summed E-state index contributed by atoms with van der Waals surface area (Å²) in [5, 5.41) is 14.9. The zero-order chi connectivity index (χ0) is 28.0. The Bertz CT molecular complexity index is 1370. The number of thioether (sulfide) groups is 1. The molecule has 13 heteroatoms. The fourth-order valence-corrected chi connectivity index (χ4v) is 4.74. The summed E-state index contributed by atoms with van der Waals surface area (Å²) in [5.41, 5.74) is -0.658. The topological polar surface area (TPSA) is 116 Å². The Hall–Kier alpha value is -4.02. The number of alkyl halides is 3. The van der Waals surface area contributed by atoms with Gasteiger partial charge in [-0.3, -0.25) is 19.5 Å². The molecule has 2 aromatic carbocycles. The van der Waals surface area contributed by atoms with Crippen molar-refractivity contribution in [2.75, 3.05) is 39.8 Å². The highest BCUT2D eigenvalue weighted by Gasteiger charge is 2.35. The summed E-state index contributed by atoms with van der Waals surface area (Å²) in [5.74, 6) is -0.589. The molecule has 0 aliphatic carbocycles. The van der Waals surface area contributed by atoms with Crippen molar-refractivity contribution in [1.82, 2.24) is 15.5 Å². The van der Waals surface area contributed by atoms with Crippen LogP contribution in [0.2, 0.25) is 0 Å². The number of halogens is 3. The van der Waals surface area contributed by atoms with Gasteiger partial charge in [-0.25, -0.2) is 0 Å². The van der Waals surface area contributed by atoms with E-state index < -0.39 is 17.5 Å². The van der Waals surface area contributed by atoms with Crippen LogP contribution in [0.15, 0.2) is 46.3 Å². The normalized spacial score (nSPS) is 18.1. The lowest BCUT2D eigenvalue weighted by molar-refractivity contribution is -0.138. The summed E-state index contributed by atoms with van der Waals surface area (Å²) < 4.78 is 51.4. The molecule has 2 saturated heterocycles. The first-order valence-electron chi connectivity index (χ1n) is 11.9. The predicted molar refractivity (Wildman–Crippen MR) is 139 cm³/mol. The molecule has 0 spiro atoms. The molecule has 0 saturated carbocycles. The maximum absolute atomic E-state index is 13.5. The van der Waals surface area contributed by atoms with Gasteiger partial charge in [-0.15, -0.1) is 0 Å². The highest BCUT2D eigenvalue weighted by molar-refractivity contribution is 8.18. The van der Waals surface area contributed by atoms with Crippen LogP contribution in [0.4, 0.5) is 13.2 Å². The van der Waals surface area contributed by atoms with Crippen LogP contribution in [-0.2, 0) is 15.8 Å². The second kappa shape index (κ2) is 12.2. The van der Waals surface area contributed by atoms with Gasteiger partial charge in [0.05, 0.1) is 35.8 Å². The van der Waals surface area contributed by atoms with Crippen molar-refractivity contribution in [1.29, 1.82) is 5.26 Å². The van der Waals surface area contributed by atoms with Gasteiger partial charge in [0.15, 0.2) is 16.7 Å². The van der Waals surface area contributed by atoms with Crippen molar-refractivity contribution in [2.45, 2.75) is 12.6 Å². The van der Waals surface area contributed by atoms with E-state index in [1.807, 2.05) is 0 Å². The summed E-state index contributed by atoms with van der Waals surface area (Å²) in [6.45, 7) is 3.02. The standard InChI is InChI=1S/C26H24F3N5O4S/c1-37-21-12-16(3-6-20(21)38-19-5-4-17(14-30)11-18(19)26(27,28)29)13-22-24(36)33-25(39-22)32-7-2-9-34-10-8-31-23(35)15-34/h3-6,11-13H,2,7-10,15H2,1H3,(H,31,35)(H,32,33,36)/b22-13+. The van der Waals surface area contributed by atoms with E-state index in [1.165, 1.54) is 37.1 Å². The third-order valence-electron chi connectivity index (χ3n) is 5.78. The minimum absolute atomic E-state index is 0.0116. The van der Waals surface area contributed by atoms with Crippen molar-refractivity contribution < 1.29 is 32.2 Å². The minimum Gasteiger partial charge on any atom is -0.493 e. The fraction of sp³-hybridized carbons (Fsp3) is 0.308. The maximum Gasteiger partial charge on any atom is 0.420 e. The van der Waals surface area contributed by atoms with Gasteiger partial charge in [0, 0.05) is 26.2 Å². The lowest BCUT2D eigenvalue weighted by atomic mass is 10.1. The number of carbonyl (C=O) groups excluding carboxylic acids is 2. The Labute approximate surface area is 226 Å². The molecule has 2 aromatic rings. The summed E-state index contributed by atoms with van der Waals surface area (Å²) in [4.78, 5) is 30.8. The highest BCUT2D eigenvalue weighted by atomic mass is 32.2. The summed E-state index contributed by atoms with van der Waals surface area (Å²) in [7, 11) is 1.35. The van der Waals surface area contributed by atoms with Crippen LogP contribution in [0.25, 0.3) is 6.08 Å². The summed E-state index contributed by atoms with van der Waals surface area (Å²) in [6.07, 6.45) is -2.37. The fourth-order valence-electron chi connectivity index (χ4n) is 3.90. The van der Waals surface area contributed by atoms with Crippen molar-refractivity contribution in [3.05, 3.63) is 58.0 Å². The average molecular weight is 560 g/mol. The van der Waals surface area contributed by atoms with Gasteiger partial charge in [0.25, 0.3) is 5.91 Å². The summed E-state index contributed by atoms with van der Waals surface area (Å²) >= 11 is 1.18. The average Bonchev–Trinajstić information content (AvgIpc) is 3.25. The molecule has 0 aromatic heterocycles. The first kappa shape index (κ1) is 28.0. The van der Waals surface area contributed by atoms with Crippen LogP contribution in [0.3, 0.4) is 0 Å². The summed E-state index contributed by atoms with van der Waals surface area (Å²) in [6, 6.07) is 9.29. The lowest BCUT2D eigenvalue weighted by Crippen LogP contribution is -2.47. The molecule has 2 N–H and O–H groups in total. The molecular weight excluding hydrogens is 535 g/mol. The number of ether oxygens (including phenoxy) is 2. The van der Waals surface area contributed by atoms with Crippen molar-refractivity contribution in [2.24, 2.45) is 4.99 Å². The van der Waals surface area contributed by atoms with Crippen LogP contribution < -0.4 is 20.1 Å². The van der Waals surface area contributed by atoms with Gasteiger partial charge in [-0.05, 0) is 60.2 Å². The molecule has 4 rings (SSSR count). The number of amidine groups is 1. The largest absolute Gasteiger partial charge is 0.493 e. The Morgan fingerprint density at radius 1 is 1.18 bits per heavy atom. The number of carbonyl (C=O) groups is 2. The quantitative estimate of drug-likeness (QED) is 0.374. The number of nitriles is 1. The Balaban J connectivity index is 1.42. The third-order valence-corrected chi connectivity index (χ3v) is 6.72. The molecule has 0 atom stereocenters. The molecule has 2 amide bonds. The molecule has 0 bridgehead atoms. The van der Waals surface area contributed by atoms with Crippen molar-refractivity contribution >= 4 is 34.8 Å². The second-order valence-electron chi connectivity index (χ2n) is 8.56. The molecule has 2 heterocycles. The van der Waals surface area contributed by atoms with E-state index in [-0.39, 0.29) is 28.9 Å². The van der Waals surface area contributed by atoms with Crippen LogP contribution in [-0.4, -0.2) is 61.7 Å². The molecular formula is C26H24F3N5O4S. The molecule has 204 valence electrons. The van der Waals surface area contributed by atoms with Gasteiger partial charge in [0.1, 0.15) is 5.75 Å². The van der Waals surface area contributed by atoms with Gasteiger partial charge in [-0.1, -0.05) is 6.07 Å². The van der Waals surface area contributed by atoms with E-state index in [4.69, 9.17) is 14.7 Å². The number of nitrogens with one attached hydrogen (secondary N) is 2. The van der Waals surface area contributed by atoms with E-state index in [0.717, 1.165) is 31.6 Å². The number of methoxy groups -OCH3 is 1. The third kappa shape index (κ3) is 7.30. The number of nitrogens with zero attached hydrogens (tertiary/aromatic N) is 3. The van der Waals surface area contributed by atoms with E-state index in [9.17, 15) is 22.8 Å². The van der Waals surface area contributed by atoms with Crippen molar-refractivity contribution in [3.8, 4) is 23.3 Å². The number of aliphatic imine (C=N–C) groups is 1. The zero-order valence-corrected chi connectivity index (χ0v) is 21.6. The number of rotatable bonds is 8. The van der Waals surface area contributed by atoms with Crippen LogP contribution in [0.1, 0.15) is 23.1 Å².